The number of carbonyl (C=O) groups excluding carboxylic acids is 1. The topological polar surface area (TPSA) is 50.2 Å². The summed E-state index contributed by atoms with van der Waals surface area (Å²) in [5.74, 6) is -0.0317. The second kappa shape index (κ2) is 8.35. The quantitative estimate of drug-likeness (QED) is 0.688. The summed E-state index contributed by atoms with van der Waals surface area (Å²) in [7, 11) is 0. The van der Waals surface area contributed by atoms with Crippen LogP contribution in [-0.2, 0) is 17.9 Å². The summed E-state index contributed by atoms with van der Waals surface area (Å²) < 4.78 is 2.22. The van der Waals surface area contributed by atoms with Crippen molar-refractivity contribution in [2.45, 2.75) is 19.1 Å². The number of benzene rings is 1. The number of amides is 1. The molecule has 1 N–H and O–H groups in total. The molecule has 144 valence electrons. The Bertz CT molecular complexity index is 974. The fourth-order valence-electron chi connectivity index (χ4n) is 3.60. The standard InChI is InChI=1S/C21H20Cl2N4O/c22-17-7-6-15(12-18(17)23)21-19-5-3-9-26(19)10-11-27(21)14-20(28)25-13-16-4-1-2-8-24-16/h1-9,12,21H,10-11,13-14H2,(H,25,28). The van der Waals surface area contributed by atoms with Gasteiger partial charge < -0.3 is 9.88 Å². The van der Waals surface area contributed by atoms with Crippen molar-refractivity contribution in [1.82, 2.24) is 19.8 Å². The van der Waals surface area contributed by atoms with Crippen LogP contribution in [-0.4, -0.2) is 33.4 Å². The van der Waals surface area contributed by atoms with Gasteiger partial charge in [-0.25, -0.2) is 0 Å². The molecule has 1 unspecified atom stereocenters. The first-order chi connectivity index (χ1) is 13.6. The Morgan fingerprint density at radius 1 is 1.11 bits per heavy atom. The summed E-state index contributed by atoms with van der Waals surface area (Å²) in [6, 6.07) is 15.4. The minimum atomic E-state index is -0.0564. The summed E-state index contributed by atoms with van der Waals surface area (Å²) in [5.41, 5.74) is 3.00. The van der Waals surface area contributed by atoms with Crippen LogP contribution in [0.3, 0.4) is 0 Å². The highest BCUT2D eigenvalue weighted by atomic mass is 35.5. The largest absolute Gasteiger partial charge is 0.349 e. The van der Waals surface area contributed by atoms with Crippen LogP contribution < -0.4 is 5.32 Å². The highest BCUT2D eigenvalue weighted by molar-refractivity contribution is 6.42. The van der Waals surface area contributed by atoms with Gasteiger partial charge in [0.25, 0.3) is 0 Å². The van der Waals surface area contributed by atoms with E-state index in [4.69, 9.17) is 23.2 Å². The lowest BCUT2D eigenvalue weighted by atomic mass is 10.00. The smallest absolute Gasteiger partial charge is 0.234 e. The highest BCUT2D eigenvalue weighted by Crippen LogP contribution is 2.35. The van der Waals surface area contributed by atoms with Crippen molar-refractivity contribution in [3.05, 3.63) is 87.9 Å². The molecule has 3 heterocycles. The van der Waals surface area contributed by atoms with Crippen LogP contribution in [0.5, 0.6) is 0 Å². The molecule has 0 aliphatic carbocycles. The fraction of sp³-hybridized carbons (Fsp3) is 0.238. The molecule has 1 aliphatic rings. The molecule has 7 heteroatoms. The lowest BCUT2D eigenvalue weighted by molar-refractivity contribution is -0.123. The van der Waals surface area contributed by atoms with Gasteiger partial charge in [0, 0.05) is 31.2 Å². The van der Waals surface area contributed by atoms with E-state index >= 15 is 0 Å². The van der Waals surface area contributed by atoms with Crippen molar-refractivity contribution < 1.29 is 4.79 Å². The SMILES string of the molecule is O=C(CN1CCn2cccc2C1c1ccc(Cl)c(Cl)c1)NCc1ccccn1. The summed E-state index contributed by atoms with van der Waals surface area (Å²) in [6.45, 7) is 2.32. The van der Waals surface area contributed by atoms with E-state index in [1.165, 1.54) is 0 Å². The maximum Gasteiger partial charge on any atom is 0.234 e. The summed E-state index contributed by atoms with van der Waals surface area (Å²) >= 11 is 12.4. The van der Waals surface area contributed by atoms with Crippen LogP contribution in [0.15, 0.2) is 60.9 Å². The number of carbonyl (C=O) groups is 1. The Hall–Kier alpha value is -2.34. The van der Waals surface area contributed by atoms with Crippen molar-refractivity contribution in [3.8, 4) is 0 Å². The molecule has 0 radical (unpaired) electrons. The van der Waals surface area contributed by atoms with E-state index in [-0.39, 0.29) is 11.9 Å². The molecule has 4 rings (SSSR count). The van der Waals surface area contributed by atoms with Crippen LogP contribution in [0.25, 0.3) is 0 Å². The molecule has 0 saturated carbocycles. The van der Waals surface area contributed by atoms with Gasteiger partial charge in [0.2, 0.25) is 5.91 Å². The molecule has 1 aliphatic heterocycles. The van der Waals surface area contributed by atoms with Gasteiger partial charge >= 0.3 is 0 Å². The Morgan fingerprint density at radius 2 is 2.00 bits per heavy atom. The zero-order valence-corrected chi connectivity index (χ0v) is 16.7. The number of hydrogen-bond donors (Lipinski definition) is 1. The summed E-state index contributed by atoms with van der Waals surface area (Å²) in [6.07, 6.45) is 3.79. The van der Waals surface area contributed by atoms with Gasteiger partial charge in [-0.2, -0.15) is 0 Å². The molecule has 5 nitrogen and oxygen atoms in total. The van der Waals surface area contributed by atoms with E-state index < -0.39 is 0 Å². The molecular weight excluding hydrogens is 395 g/mol. The van der Waals surface area contributed by atoms with Crippen molar-refractivity contribution in [3.63, 3.8) is 0 Å². The minimum Gasteiger partial charge on any atom is -0.349 e. The van der Waals surface area contributed by atoms with Crippen LogP contribution >= 0.6 is 23.2 Å². The van der Waals surface area contributed by atoms with Gasteiger partial charge in [-0.1, -0.05) is 35.3 Å². The van der Waals surface area contributed by atoms with E-state index in [2.05, 4.69) is 32.0 Å². The molecule has 0 fully saturated rings. The third-order valence-electron chi connectivity index (χ3n) is 4.94. The number of nitrogens with one attached hydrogen (secondary N) is 1. The maximum atomic E-state index is 12.6. The first-order valence-corrected chi connectivity index (χ1v) is 9.88. The van der Waals surface area contributed by atoms with E-state index in [0.29, 0.717) is 23.1 Å². The number of rotatable bonds is 5. The van der Waals surface area contributed by atoms with Crippen molar-refractivity contribution in [2.24, 2.45) is 0 Å². The number of nitrogens with zero attached hydrogens (tertiary/aromatic N) is 3. The molecule has 2 aromatic heterocycles. The number of aromatic nitrogens is 2. The number of fused-ring (bicyclic) bond motifs is 1. The van der Waals surface area contributed by atoms with Gasteiger partial charge in [-0.05, 0) is 42.0 Å². The molecule has 1 amide bonds. The van der Waals surface area contributed by atoms with E-state index in [9.17, 15) is 4.79 Å². The number of halogens is 2. The fourth-order valence-corrected chi connectivity index (χ4v) is 3.90. The van der Waals surface area contributed by atoms with Gasteiger partial charge in [-0.3, -0.25) is 14.7 Å². The molecule has 0 bridgehead atoms. The zero-order chi connectivity index (χ0) is 19.5. The highest BCUT2D eigenvalue weighted by Gasteiger charge is 2.30. The third kappa shape index (κ3) is 4.07. The van der Waals surface area contributed by atoms with Gasteiger partial charge in [0.15, 0.2) is 0 Å². The Balaban J connectivity index is 1.53. The predicted molar refractivity (Wildman–Crippen MR) is 110 cm³/mol. The Labute approximate surface area is 173 Å². The Morgan fingerprint density at radius 3 is 2.79 bits per heavy atom. The second-order valence-electron chi connectivity index (χ2n) is 6.77. The predicted octanol–water partition coefficient (Wildman–Crippen LogP) is 3.91. The van der Waals surface area contributed by atoms with Crippen molar-refractivity contribution in [2.75, 3.05) is 13.1 Å². The van der Waals surface area contributed by atoms with Crippen LogP contribution in [0, 0.1) is 0 Å². The molecule has 0 saturated heterocycles. The lowest BCUT2D eigenvalue weighted by Gasteiger charge is -2.37. The molecule has 1 atom stereocenters. The molecule has 0 spiro atoms. The molecular formula is C21H20Cl2N4O. The first-order valence-electron chi connectivity index (χ1n) is 9.12. The third-order valence-corrected chi connectivity index (χ3v) is 5.68. The van der Waals surface area contributed by atoms with Crippen LogP contribution in [0.2, 0.25) is 10.0 Å². The summed E-state index contributed by atoms with van der Waals surface area (Å²) in [5, 5.41) is 4.00. The average Bonchev–Trinajstić information content (AvgIpc) is 3.18. The maximum absolute atomic E-state index is 12.6. The monoisotopic (exact) mass is 414 g/mol. The zero-order valence-electron chi connectivity index (χ0n) is 15.2. The van der Waals surface area contributed by atoms with Gasteiger partial charge in [0.1, 0.15) is 0 Å². The van der Waals surface area contributed by atoms with Gasteiger partial charge in [-0.15, -0.1) is 0 Å². The molecule has 3 aromatic rings. The van der Waals surface area contributed by atoms with E-state index in [0.717, 1.165) is 30.0 Å². The Kier molecular flexibility index (Phi) is 5.67. The molecule has 28 heavy (non-hydrogen) atoms. The number of hydrogen-bond acceptors (Lipinski definition) is 3. The average molecular weight is 415 g/mol. The first kappa shape index (κ1) is 19.0. The summed E-state index contributed by atoms with van der Waals surface area (Å²) in [4.78, 5) is 19.0. The van der Waals surface area contributed by atoms with Crippen LogP contribution in [0.1, 0.15) is 23.0 Å². The van der Waals surface area contributed by atoms with Crippen molar-refractivity contribution in [1.29, 1.82) is 0 Å². The number of pyridine rings is 1. The lowest BCUT2D eigenvalue weighted by Crippen LogP contribution is -2.44. The van der Waals surface area contributed by atoms with E-state index in [1.54, 1.807) is 12.3 Å². The minimum absolute atomic E-state index is 0.0317. The molecule has 1 aromatic carbocycles. The van der Waals surface area contributed by atoms with Crippen molar-refractivity contribution >= 4 is 29.1 Å². The normalized spacial score (nSPS) is 16.6. The second-order valence-corrected chi connectivity index (χ2v) is 7.59. The van der Waals surface area contributed by atoms with E-state index in [1.807, 2.05) is 36.4 Å². The van der Waals surface area contributed by atoms with Crippen LogP contribution in [0.4, 0.5) is 0 Å². The van der Waals surface area contributed by atoms with Gasteiger partial charge in [0.05, 0.1) is 34.9 Å².